The van der Waals surface area contributed by atoms with Crippen LogP contribution in [0, 0.1) is 19.8 Å². The van der Waals surface area contributed by atoms with Crippen LogP contribution in [0.25, 0.3) is 0 Å². The third kappa shape index (κ3) is 3.77. The zero-order valence-electron chi connectivity index (χ0n) is 14.3. The molecule has 24 heavy (non-hydrogen) atoms. The Morgan fingerprint density at radius 1 is 1.25 bits per heavy atom. The minimum Gasteiger partial charge on any atom is -0.481 e. The molecule has 1 aromatic heterocycles. The number of aliphatic carboxylic acids is 1. The molecule has 0 aromatic carbocycles. The number of aromatic amines is 1. The fourth-order valence-electron chi connectivity index (χ4n) is 3.74. The molecule has 1 aromatic rings. The van der Waals surface area contributed by atoms with Crippen LogP contribution in [-0.2, 0) is 4.79 Å². The Hall–Kier alpha value is -1.89. The summed E-state index contributed by atoms with van der Waals surface area (Å²) < 4.78 is 0. The Morgan fingerprint density at radius 3 is 2.54 bits per heavy atom. The highest BCUT2D eigenvalue weighted by atomic mass is 16.4. The number of hydrogen-bond acceptors (Lipinski definition) is 4. The van der Waals surface area contributed by atoms with Crippen LogP contribution in [0.3, 0.4) is 0 Å². The third-order valence-electron chi connectivity index (χ3n) is 5.20. The van der Waals surface area contributed by atoms with Crippen molar-refractivity contribution in [3.8, 4) is 0 Å². The van der Waals surface area contributed by atoms with Gasteiger partial charge in [0.05, 0.1) is 17.7 Å². The van der Waals surface area contributed by atoms with E-state index in [0.717, 1.165) is 25.1 Å². The fourth-order valence-corrected chi connectivity index (χ4v) is 3.74. The van der Waals surface area contributed by atoms with Crippen LogP contribution in [0.5, 0.6) is 0 Å². The van der Waals surface area contributed by atoms with E-state index < -0.39 is 5.97 Å². The van der Waals surface area contributed by atoms with E-state index in [2.05, 4.69) is 20.4 Å². The molecule has 1 amide bonds. The number of carbonyl (C=O) groups is 2. The fraction of sp³-hybridized carbons (Fsp3) is 0.706. The van der Waals surface area contributed by atoms with Crippen molar-refractivity contribution < 1.29 is 14.7 Å². The van der Waals surface area contributed by atoms with E-state index in [1.54, 1.807) is 0 Å². The zero-order valence-corrected chi connectivity index (χ0v) is 14.3. The molecule has 7 heteroatoms. The first-order chi connectivity index (χ1) is 11.5. The van der Waals surface area contributed by atoms with E-state index in [0.29, 0.717) is 23.7 Å². The van der Waals surface area contributed by atoms with Gasteiger partial charge in [-0.25, -0.2) is 0 Å². The van der Waals surface area contributed by atoms with Gasteiger partial charge in [0.1, 0.15) is 0 Å². The number of H-pyrrole nitrogens is 1. The molecular weight excluding hydrogens is 308 g/mol. The molecule has 2 fully saturated rings. The highest BCUT2D eigenvalue weighted by Gasteiger charge is 2.38. The minimum absolute atomic E-state index is 0.0994. The first kappa shape index (κ1) is 17.0. The summed E-state index contributed by atoms with van der Waals surface area (Å²) in [6, 6.07) is 0.328. The Morgan fingerprint density at radius 2 is 1.96 bits per heavy atom. The number of amides is 1. The Bertz CT molecular complexity index is 604. The molecule has 3 rings (SSSR count). The highest BCUT2D eigenvalue weighted by Crippen LogP contribution is 2.35. The standard InChI is InChI=1S/C17H26N4O3/c1-10-16(11(2)20-19-10)17(24)18-8-14-6-5-13(7-15(22)23)21(14)9-12-3-4-12/h12-14H,3-9H2,1-2H3,(H,18,24)(H,19,20)(H,22,23)/t13-,14+/m1/s1. The largest absolute Gasteiger partial charge is 0.481 e. The van der Waals surface area contributed by atoms with Gasteiger partial charge in [-0.15, -0.1) is 0 Å². The molecule has 0 spiro atoms. The van der Waals surface area contributed by atoms with Crippen LogP contribution >= 0.6 is 0 Å². The molecule has 0 radical (unpaired) electrons. The number of carboxylic acids is 1. The van der Waals surface area contributed by atoms with Crippen LogP contribution in [0.4, 0.5) is 0 Å². The lowest BCUT2D eigenvalue weighted by molar-refractivity contribution is -0.138. The average molecular weight is 334 g/mol. The van der Waals surface area contributed by atoms with Gasteiger partial charge in [0.15, 0.2) is 0 Å². The van der Waals surface area contributed by atoms with Crippen molar-refractivity contribution >= 4 is 11.9 Å². The van der Waals surface area contributed by atoms with Gasteiger partial charge in [0, 0.05) is 30.9 Å². The molecule has 1 aliphatic heterocycles. The molecule has 2 atom stereocenters. The van der Waals surface area contributed by atoms with Crippen LogP contribution in [0.2, 0.25) is 0 Å². The van der Waals surface area contributed by atoms with Gasteiger partial charge in [0.2, 0.25) is 0 Å². The lowest BCUT2D eigenvalue weighted by Gasteiger charge is -2.29. The summed E-state index contributed by atoms with van der Waals surface area (Å²) in [6.45, 7) is 5.18. The van der Waals surface area contributed by atoms with Gasteiger partial charge in [0.25, 0.3) is 5.91 Å². The second-order valence-corrected chi connectivity index (χ2v) is 7.14. The van der Waals surface area contributed by atoms with Crippen LogP contribution < -0.4 is 5.32 Å². The van der Waals surface area contributed by atoms with E-state index in [1.807, 2.05) is 13.8 Å². The minimum atomic E-state index is -0.741. The van der Waals surface area contributed by atoms with Gasteiger partial charge in [-0.3, -0.25) is 19.6 Å². The third-order valence-corrected chi connectivity index (χ3v) is 5.20. The van der Waals surface area contributed by atoms with Crippen molar-refractivity contribution in [1.29, 1.82) is 0 Å². The molecule has 3 N–H and O–H groups in total. The second kappa shape index (κ2) is 6.93. The first-order valence-electron chi connectivity index (χ1n) is 8.73. The van der Waals surface area contributed by atoms with Crippen molar-refractivity contribution in [3.63, 3.8) is 0 Å². The normalized spacial score (nSPS) is 24.2. The average Bonchev–Trinajstić information content (AvgIpc) is 3.18. The van der Waals surface area contributed by atoms with E-state index in [1.165, 1.54) is 12.8 Å². The molecule has 0 bridgehead atoms. The maximum absolute atomic E-state index is 12.4. The summed E-state index contributed by atoms with van der Waals surface area (Å²) in [6.07, 6.45) is 4.50. The topological polar surface area (TPSA) is 98.3 Å². The lowest BCUT2D eigenvalue weighted by Crippen LogP contribution is -2.44. The summed E-state index contributed by atoms with van der Waals surface area (Å²) >= 11 is 0. The van der Waals surface area contributed by atoms with E-state index >= 15 is 0 Å². The predicted molar refractivity (Wildman–Crippen MR) is 88.9 cm³/mol. The van der Waals surface area contributed by atoms with Crippen molar-refractivity contribution in [1.82, 2.24) is 20.4 Å². The summed E-state index contributed by atoms with van der Waals surface area (Å²) in [5.41, 5.74) is 2.09. The van der Waals surface area contributed by atoms with Crippen molar-refractivity contribution in [2.45, 2.75) is 58.0 Å². The summed E-state index contributed by atoms with van der Waals surface area (Å²) in [7, 11) is 0. The van der Waals surface area contributed by atoms with Crippen molar-refractivity contribution in [3.05, 3.63) is 17.0 Å². The van der Waals surface area contributed by atoms with Crippen LogP contribution in [0.1, 0.15) is 53.8 Å². The number of nitrogens with zero attached hydrogens (tertiary/aromatic N) is 2. The zero-order chi connectivity index (χ0) is 17.3. The summed E-state index contributed by atoms with van der Waals surface area (Å²) in [4.78, 5) is 25.8. The van der Waals surface area contributed by atoms with Gasteiger partial charge < -0.3 is 10.4 Å². The van der Waals surface area contributed by atoms with Gasteiger partial charge in [-0.2, -0.15) is 5.10 Å². The summed E-state index contributed by atoms with van der Waals surface area (Å²) in [5.74, 6) is -0.141. The molecule has 0 unspecified atom stereocenters. The predicted octanol–water partition coefficient (Wildman–Crippen LogP) is 1.47. The van der Waals surface area contributed by atoms with E-state index in [9.17, 15) is 9.59 Å². The van der Waals surface area contributed by atoms with Gasteiger partial charge >= 0.3 is 5.97 Å². The van der Waals surface area contributed by atoms with Crippen LogP contribution in [0.15, 0.2) is 0 Å². The number of aryl methyl sites for hydroxylation is 2. The smallest absolute Gasteiger partial charge is 0.304 e. The number of carboxylic acid groups (broad SMARTS) is 1. The Kier molecular flexibility index (Phi) is 4.89. The molecular formula is C17H26N4O3. The van der Waals surface area contributed by atoms with Gasteiger partial charge in [-0.05, 0) is 45.4 Å². The SMILES string of the molecule is Cc1n[nH]c(C)c1C(=O)NC[C@@H]1CC[C@H](CC(=O)O)N1CC1CC1. The lowest BCUT2D eigenvalue weighted by atomic mass is 10.1. The van der Waals surface area contributed by atoms with E-state index in [4.69, 9.17) is 5.11 Å². The summed E-state index contributed by atoms with van der Waals surface area (Å²) in [5, 5.41) is 19.0. The van der Waals surface area contributed by atoms with Crippen molar-refractivity contribution in [2.24, 2.45) is 5.92 Å². The molecule has 132 valence electrons. The number of likely N-dealkylation sites (tertiary alicyclic amines) is 1. The second-order valence-electron chi connectivity index (χ2n) is 7.14. The highest BCUT2D eigenvalue weighted by molar-refractivity contribution is 5.96. The number of carbonyl (C=O) groups excluding carboxylic acids is 1. The Labute approximate surface area is 141 Å². The first-order valence-corrected chi connectivity index (χ1v) is 8.73. The number of hydrogen-bond donors (Lipinski definition) is 3. The molecule has 1 aliphatic carbocycles. The molecule has 1 saturated heterocycles. The van der Waals surface area contributed by atoms with E-state index in [-0.39, 0.29) is 24.4 Å². The molecule has 2 aliphatic rings. The molecule has 2 heterocycles. The maximum atomic E-state index is 12.4. The Balaban J connectivity index is 1.60. The van der Waals surface area contributed by atoms with Crippen molar-refractivity contribution in [2.75, 3.05) is 13.1 Å². The van der Waals surface area contributed by atoms with Crippen LogP contribution in [-0.4, -0.2) is 57.3 Å². The number of nitrogens with one attached hydrogen (secondary N) is 2. The number of rotatable bonds is 7. The maximum Gasteiger partial charge on any atom is 0.304 e. The van der Waals surface area contributed by atoms with Gasteiger partial charge in [-0.1, -0.05) is 0 Å². The molecule has 7 nitrogen and oxygen atoms in total. The monoisotopic (exact) mass is 334 g/mol. The quantitative estimate of drug-likeness (QED) is 0.701. The number of aromatic nitrogens is 2. The molecule has 1 saturated carbocycles.